The maximum atomic E-state index is 10.7. The van der Waals surface area contributed by atoms with Crippen LogP contribution in [0.5, 0.6) is 0 Å². The molecule has 0 aliphatic heterocycles. The molecule has 3 heteroatoms. The second-order valence-electron chi connectivity index (χ2n) is 6.49. The Kier molecular flexibility index (Phi) is 6.78. The van der Waals surface area contributed by atoms with E-state index >= 15 is 0 Å². The van der Waals surface area contributed by atoms with Gasteiger partial charge in [0.25, 0.3) is 0 Å². The molecule has 0 atom stereocenters. The summed E-state index contributed by atoms with van der Waals surface area (Å²) in [6.45, 7) is 11.0. The molecule has 18 heavy (non-hydrogen) atoms. The minimum absolute atomic E-state index is 0. The monoisotopic (exact) mass is 272 g/mol. The van der Waals surface area contributed by atoms with Crippen LogP contribution in [0.15, 0.2) is 24.3 Å². The predicted octanol–water partition coefficient (Wildman–Crippen LogP) is -0.232. The molecular formula is C15H21KO2. The Morgan fingerprint density at radius 3 is 1.83 bits per heavy atom. The quantitative estimate of drug-likeness (QED) is 0.713. The topological polar surface area (TPSA) is 40.1 Å². The van der Waals surface area contributed by atoms with Crippen LogP contribution < -0.4 is 56.5 Å². The molecule has 0 unspecified atom stereocenters. The first-order chi connectivity index (χ1) is 7.62. The Morgan fingerprint density at radius 2 is 1.50 bits per heavy atom. The summed E-state index contributed by atoms with van der Waals surface area (Å²) in [4.78, 5) is 10.7. The van der Waals surface area contributed by atoms with Gasteiger partial charge in [-0.15, -0.1) is 0 Å². The van der Waals surface area contributed by atoms with Gasteiger partial charge < -0.3 is 9.90 Å². The van der Waals surface area contributed by atoms with E-state index in [2.05, 4.69) is 34.6 Å². The molecule has 0 amide bonds. The van der Waals surface area contributed by atoms with E-state index in [9.17, 15) is 9.90 Å². The molecule has 2 nitrogen and oxygen atoms in total. The zero-order chi connectivity index (χ0) is 13.3. The van der Waals surface area contributed by atoms with Gasteiger partial charge in [-0.1, -0.05) is 58.9 Å². The molecule has 0 saturated heterocycles. The smallest absolute Gasteiger partial charge is 0.545 e. The molecule has 0 bridgehead atoms. The Bertz CT molecular complexity index is 399. The second-order valence-corrected chi connectivity index (χ2v) is 6.49. The van der Waals surface area contributed by atoms with Crippen LogP contribution in [0.25, 0.3) is 0 Å². The van der Waals surface area contributed by atoms with Crippen molar-refractivity contribution in [3.8, 4) is 0 Å². The van der Waals surface area contributed by atoms with E-state index in [1.807, 2.05) is 12.1 Å². The van der Waals surface area contributed by atoms with Crippen molar-refractivity contribution in [2.45, 2.75) is 46.5 Å². The molecule has 0 aliphatic carbocycles. The van der Waals surface area contributed by atoms with Crippen molar-refractivity contribution in [3.05, 3.63) is 35.4 Å². The minimum atomic E-state index is -1.12. The molecule has 1 rings (SSSR count). The number of benzene rings is 1. The third-order valence-corrected chi connectivity index (χ3v) is 2.87. The first-order valence-corrected chi connectivity index (χ1v) is 5.94. The van der Waals surface area contributed by atoms with Crippen molar-refractivity contribution in [1.82, 2.24) is 0 Å². The normalized spacial score (nSPS) is 11.8. The van der Waals surface area contributed by atoms with E-state index in [0.29, 0.717) is 0 Å². The Labute approximate surface area is 153 Å². The molecule has 0 spiro atoms. The van der Waals surface area contributed by atoms with Crippen LogP contribution in [0.4, 0.5) is 0 Å². The van der Waals surface area contributed by atoms with Crippen molar-refractivity contribution >= 4 is 5.97 Å². The fourth-order valence-corrected chi connectivity index (χ4v) is 2.49. The Hall–Kier alpha value is 0.326. The number of aromatic carboxylic acids is 1. The van der Waals surface area contributed by atoms with Gasteiger partial charge in [0.15, 0.2) is 0 Å². The molecule has 0 saturated carbocycles. The van der Waals surface area contributed by atoms with Gasteiger partial charge in [0.2, 0.25) is 0 Å². The first kappa shape index (κ1) is 18.3. The van der Waals surface area contributed by atoms with Crippen LogP contribution in [0.2, 0.25) is 0 Å². The number of carbonyl (C=O) groups is 1. The summed E-state index contributed by atoms with van der Waals surface area (Å²) in [5.41, 5.74) is 1.69. The number of carboxylic acids is 1. The molecule has 0 aliphatic rings. The summed E-state index contributed by atoms with van der Waals surface area (Å²) in [5.74, 6) is -1.12. The molecule has 0 radical (unpaired) electrons. The molecule has 1 aromatic carbocycles. The van der Waals surface area contributed by atoms with Gasteiger partial charge in [0.1, 0.15) is 0 Å². The van der Waals surface area contributed by atoms with E-state index in [0.717, 1.165) is 12.0 Å². The average Bonchev–Trinajstić information content (AvgIpc) is 2.14. The van der Waals surface area contributed by atoms with Crippen LogP contribution >= 0.6 is 0 Å². The van der Waals surface area contributed by atoms with Gasteiger partial charge in [-0.25, -0.2) is 0 Å². The summed E-state index contributed by atoms with van der Waals surface area (Å²) in [7, 11) is 0. The third kappa shape index (κ3) is 5.53. The van der Waals surface area contributed by atoms with Crippen LogP contribution in [0.3, 0.4) is 0 Å². The third-order valence-electron chi connectivity index (χ3n) is 2.87. The first-order valence-electron chi connectivity index (χ1n) is 5.94. The number of carboxylic acid groups (broad SMARTS) is 1. The molecular weight excluding hydrogens is 251 g/mol. The van der Waals surface area contributed by atoms with Crippen LogP contribution in [-0.4, -0.2) is 5.97 Å². The largest absolute Gasteiger partial charge is 1.00 e. The van der Waals surface area contributed by atoms with E-state index in [1.54, 1.807) is 12.1 Å². The second kappa shape index (κ2) is 6.66. The fourth-order valence-electron chi connectivity index (χ4n) is 2.49. The summed E-state index contributed by atoms with van der Waals surface area (Å²) in [6, 6.07) is 7.01. The zero-order valence-electron chi connectivity index (χ0n) is 12.3. The van der Waals surface area contributed by atoms with Crippen LogP contribution in [0, 0.1) is 5.41 Å². The van der Waals surface area contributed by atoms with E-state index in [1.165, 1.54) is 0 Å². The molecule has 0 fully saturated rings. The predicted molar refractivity (Wildman–Crippen MR) is 67.9 cm³/mol. The number of hydrogen-bond donors (Lipinski definition) is 0. The van der Waals surface area contributed by atoms with E-state index in [-0.39, 0.29) is 67.8 Å². The number of carbonyl (C=O) groups excluding carboxylic acids is 1. The van der Waals surface area contributed by atoms with E-state index in [4.69, 9.17) is 0 Å². The van der Waals surface area contributed by atoms with Crippen LogP contribution in [0.1, 0.15) is 57.0 Å². The van der Waals surface area contributed by atoms with Gasteiger partial charge in [0.05, 0.1) is 5.97 Å². The molecule has 0 N–H and O–H groups in total. The summed E-state index contributed by atoms with van der Waals surface area (Å²) in [5, 5.41) is 10.7. The maximum Gasteiger partial charge on any atom is 1.00 e. The Balaban J connectivity index is 0.00000289. The minimum Gasteiger partial charge on any atom is -0.545 e. The fraction of sp³-hybridized carbons (Fsp3) is 0.533. The van der Waals surface area contributed by atoms with E-state index < -0.39 is 5.97 Å². The SMILES string of the molecule is CC(C)(C)CC(C)(C)c1ccc(C(=O)[O-])cc1.[K+]. The van der Waals surface area contributed by atoms with Crippen molar-refractivity contribution in [3.63, 3.8) is 0 Å². The van der Waals surface area contributed by atoms with Crippen molar-refractivity contribution in [2.24, 2.45) is 5.41 Å². The van der Waals surface area contributed by atoms with Crippen molar-refractivity contribution in [1.29, 1.82) is 0 Å². The van der Waals surface area contributed by atoms with Crippen molar-refractivity contribution < 1.29 is 61.3 Å². The molecule has 94 valence electrons. The summed E-state index contributed by atoms with van der Waals surface area (Å²) >= 11 is 0. The standard InChI is InChI=1S/C15H22O2.K/c1-14(2,3)10-15(4,5)12-8-6-11(7-9-12)13(16)17;/h6-9H,10H2,1-5H3,(H,16,17);/q;+1/p-1. The molecule has 0 aromatic heterocycles. The van der Waals surface area contributed by atoms with Gasteiger partial charge in [0, 0.05) is 0 Å². The number of hydrogen-bond acceptors (Lipinski definition) is 2. The molecule has 0 heterocycles. The zero-order valence-corrected chi connectivity index (χ0v) is 15.5. The van der Waals surface area contributed by atoms with Crippen LogP contribution in [-0.2, 0) is 5.41 Å². The van der Waals surface area contributed by atoms with Crippen molar-refractivity contribution in [2.75, 3.05) is 0 Å². The van der Waals surface area contributed by atoms with Gasteiger partial charge in [-0.2, -0.15) is 0 Å². The molecule has 1 aromatic rings. The van der Waals surface area contributed by atoms with Gasteiger partial charge >= 0.3 is 51.4 Å². The van der Waals surface area contributed by atoms with Gasteiger partial charge in [-0.3, -0.25) is 0 Å². The summed E-state index contributed by atoms with van der Waals surface area (Å²) < 4.78 is 0. The van der Waals surface area contributed by atoms with Gasteiger partial charge in [-0.05, 0) is 28.4 Å². The summed E-state index contributed by atoms with van der Waals surface area (Å²) in [6.07, 6.45) is 1.05. The Morgan fingerprint density at radius 1 is 1.06 bits per heavy atom. The maximum absolute atomic E-state index is 10.7. The average molecular weight is 272 g/mol. The number of rotatable bonds is 3.